The first-order chi connectivity index (χ1) is 7.31. The lowest BCUT2D eigenvalue weighted by molar-refractivity contribution is -0.107. The van der Waals surface area contributed by atoms with E-state index in [1.807, 2.05) is 18.2 Å². The summed E-state index contributed by atoms with van der Waals surface area (Å²) < 4.78 is 0. The number of ketones is 1. The van der Waals surface area contributed by atoms with Crippen molar-refractivity contribution in [1.29, 1.82) is 0 Å². The number of carbonyl (C=O) groups excluding carboxylic acids is 2. The molecule has 0 amide bonds. The largest absolute Gasteiger partial charge is 0.302 e. The minimum absolute atomic E-state index is 0.220. The molecule has 0 aromatic heterocycles. The van der Waals surface area contributed by atoms with Gasteiger partial charge in [-0.15, -0.1) is 0 Å². The average Bonchev–Trinajstić information content (AvgIpc) is 2.61. The Balaban J connectivity index is 2.28. The fourth-order valence-electron chi connectivity index (χ4n) is 1.73. The van der Waals surface area contributed by atoms with Crippen molar-refractivity contribution in [2.24, 2.45) is 0 Å². The molecule has 1 aliphatic rings. The van der Waals surface area contributed by atoms with Gasteiger partial charge in [-0.2, -0.15) is 0 Å². The van der Waals surface area contributed by atoms with Crippen molar-refractivity contribution in [3.63, 3.8) is 0 Å². The molecule has 2 nitrogen and oxygen atoms in total. The molecule has 2 rings (SSSR count). The third kappa shape index (κ3) is 1.97. The van der Waals surface area contributed by atoms with Crippen molar-refractivity contribution in [1.82, 2.24) is 0 Å². The number of hydrogen-bond donors (Lipinski definition) is 0. The van der Waals surface area contributed by atoms with Gasteiger partial charge in [-0.05, 0) is 30.2 Å². The van der Waals surface area contributed by atoms with Gasteiger partial charge in [-0.25, -0.2) is 0 Å². The van der Waals surface area contributed by atoms with Crippen molar-refractivity contribution < 1.29 is 9.59 Å². The van der Waals surface area contributed by atoms with Crippen LogP contribution < -0.4 is 0 Å². The monoisotopic (exact) mass is 198 g/mol. The minimum atomic E-state index is 0.220. The Kier molecular flexibility index (Phi) is 2.64. The van der Waals surface area contributed by atoms with Crippen molar-refractivity contribution in [2.75, 3.05) is 0 Å². The van der Waals surface area contributed by atoms with Gasteiger partial charge >= 0.3 is 0 Å². The van der Waals surface area contributed by atoms with Gasteiger partial charge in [-0.3, -0.25) is 4.79 Å². The van der Waals surface area contributed by atoms with Crippen LogP contribution in [0.4, 0.5) is 0 Å². The predicted octanol–water partition coefficient (Wildman–Crippen LogP) is 1.76. The molecular formula is C13H10O2. The van der Waals surface area contributed by atoms with Gasteiger partial charge < -0.3 is 4.79 Å². The van der Waals surface area contributed by atoms with Crippen LogP contribution in [0.25, 0.3) is 0 Å². The Morgan fingerprint density at radius 3 is 3.00 bits per heavy atom. The minimum Gasteiger partial charge on any atom is -0.302 e. The van der Waals surface area contributed by atoms with Crippen molar-refractivity contribution in [2.45, 2.75) is 19.3 Å². The van der Waals surface area contributed by atoms with E-state index in [-0.39, 0.29) is 12.2 Å². The Hall–Kier alpha value is -1.88. The maximum atomic E-state index is 11.4. The molecular weight excluding hydrogens is 188 g/mol. The number of carbonyl (C=O) groups is 2. The summed E-state index contributed by atoms with van der Waals surface area (Å²) in [6.07, 6.45) is 2.47. The number of aldehydes is 1. The zero-order chi connectivity index (χ0) is 10.7. The number of hydrogen-bond acceptors (Lipinski definition) is 2. The summed E-state index contributed by atoms with van der Waals surface area (Å²) in [7, 11) is 0. The van der Waals surface area contributed by atoms with Crippen LogP contribution in [0.15, 0.2) is 18.2 Å². The Morgan fingerprint density at radius 1 is 1.33 bits per heavy atom. The van der Waals surface area contributed by atoms with Gasteiger partial charge in [-0.1, -0.05) is 11.8 Å². The summed E-state index contributed by atoms with van der Waals surface area (Å²) in [5.74, 6) is 5.87. The number of benzene rings is 1. The van der Waals surface area contributed by atoms with Gasteiger partial charge in [0.05, 0.1) is 6.42 Å². The van der Waals surface area contributed by atoms with Crippen molar-refractivity contribution in [3.8, 4) is 11.8 Å². The van der Waals surface area contributed by atoms with Crippen LogP contribution in [0.2, 0.25) is 0 Å². The molecule has 0 aliphatic heterocycles. The van der Waals surface area contributed by atoms with Gasteiger partial charge in [0.25, 0.3) is 0 Å². The van der Waals surface area contributed by atoms with E-state index < -0.39 is 0 Å². The lowest BCUT2D eigenvalue weighted by Gasteiger charge is -1.97. The molecule has 0 radical (unpaired) electrons. The highest BCUT2D eigenvalue weighted by molar-refractivity contribution is 6.00. The molecule has 0 saturated carbocycles. The lowest BCUT2D eigenvalue weighted by atomic mass is 10.1. The molecule has 1 aliphatic carbocycles. The lowest BCUT2D eigenvalue weighted by Crippen LogP contribution is -1.90. The highest BCUT2D eigenvalue weighted by Crippen LogP contribution is 2.22. The highest BCUT2D eigenvalue weighted by Gasteiger charge is 2.18. The van der Waals surface area contributed by atoms with E-state index in [1.165, 1.54) is 0 Å². The topological polar surface area (TPSA) is 34.1 Å². The van der Waals surface area contributed by atoms with Crippen LogP contribution in [0, 0.1) is 11.8 Å². The number of rotatable bonds is 1. The maximum absolute atomic E-state index is 11.4. The second-order valence-electron chi connectivity index (χ2n) is 3.47. The van der Waals surface area contributed by atoms with Gasteiger partial charge in [0, 0.05) is 17.5 Å². The zero-order valence-corrected chi connectivity index (χ0v) is 8.25. The van der Waals surface area contributed by atoms with Crippen LogP contribution in [0.5, 0.6) is 0 Å². The van der Waals surface area contributed by atoms with Gasteiger partial charge in [0.15, 0.2) is 5.78 Å². The Labute approximate surface area is 88.3 Å². The summed E-state index contributed by atoms with van der Waals surface area (Å²) >= 11 is 0. The number of aryl methyl sites for hydroxylation is 1. The summed E-state index contributed by atoms with van der Waals surface area (Å²) in [6.45, 7) is 0. The normalized spacial score (nSPS) is 12.9. The third-order valence-electron chi connectivity index (χ3n) is 2.45. The molecule has 0 saturated heterocycles. The average molecular weight is 198 g/mol. The number of Topliss-reactive ketones (excluding diaryl/α,β-unsaturated/α-hetero) is 1. The zero-order valence-electron chi connectivity index (χ0n) is 8.25. The quantitative estimate of drug-likeness (QED) is 0.509. The number of fused-ring (bicyclic) bond motifs is 1. The first-order valence-electron chi connectivity index (χ1n) is 4.90. The molecule has 15 heavy (non-hydrogen) atoms. The molecule has 1 aromatic carbocycles. The molecule has 0 N–H and O–H groups in total. The second-order valence-corrected chi connectivity index (χ2v) is 3.47. The van der Waals surface area contributed by atoms with Gasteiger partial charge in [0.1, 0.15) is 6.29 Å². The fourth-order valence-corrected chi connectivity index (χ4v) is 1.73. The van der Waals surface area contributed by atoms with E-state index in [0.717, 1.165) is 29.4 Å². The van der Waals surface area contributed by atoms with E-state index in [9.17, 15) is 9.59 Å². The molecule has 0 spiro atoms. The van der Waals surface area contributed by atoms with E-state index >= 15 is 0 Å². The summed E-state index contributed by atoms with van der Waals surface area (Å²) in [5.41, 5.74) is 2.79. The first-order valence-corrected chi connectivity index (χ1v) is 4.90. The molecule has 74 valence electrons. The Bertz CT molecular complexity index is 475. The SMILES string of the molecule is O=CCC#Cc1ccc2c(c1)CCC2=O. The van der Waals surface area contributed by atoms with Crippen LogP contribution in [0.3, 0.4) is 0 Å². The summed E-state index contributed by atoms with van der Waals surface area (Å²) in [5, 5.41) is 0. The van der Waals surface area contributed by atoms with E-state index in [2.05, 4.69) is 11.8 Å². The third-order valence-corrected chi connectivity index (χ3v) is 2.45. The summed E-state index contributed by atoms with van der Waals surface area (Å²) in [6, 6.07) is 5.60. The van der Waals surface area contributed by atoms with Crippen LogP contribution >= 0.6 is 0 Å². The van der Waals surface area contributed by atoms with Crippen molar-refractivity contribution >= 4 is 12.1 Å². The predicted molar refractivity (Wildman–Crippen MR) is 56.7 cm³/mol. The molecule has 2 heteroatoms. The molecule has 0 heterocycles. The molecule has 0 fully saturated rings. The van der Waals surface area contributed by atoms with Crippen molar-refractivity contribution in [3.05, 3.63) is 34.9 Å². The molecule has 0 bridgehead atoms. The van der Waals surface area contributed by atoms with Crippen LogP contribution in [-0.4, -0.2) is 12.1 Å². The second kappa shape index (κ2) is 4.10. The molecule has 0 unspecified atom stereocenters. The summed E-state index contributed by atoms with van der Waals surface area (Å²) in [4.78, 5) is 21.4. The van der Waals surface area contributed by atoms with Crippen LogP contribution in [0.1, 0.15) is 34.3 Å². The maximum Gasteiger partial charge on any atom is 0.163 e. The van der Waals surface area contributed by atoms with Gasteiger partial charge in [0.2, 0.25) is 0 Å². The first kappa shape index (κ1) is 9.67. The Morgan fingerprint density at radius 2 is 2.20 bits per heavy atom. The molecule has 1 aromatic rings. The molecule has 0 atom stereocenters. The standard InChI is InChI=1S/C13H10O2/c14-8-2-1-3-10-4-6-12-11(9-10)5-7-13(12)15/h4,6,8-9H,2,5,7H2. The van der Waals surface area contributed by atoms with E-state index in [1.54, 1.807) is 0 Å². The van der Waals surface area contributed by atoms with Crippen LogP contribution in [-0.2, 0) is 11.2 Å². The van der Waals surface area contributed by atoms with E-state index in [4.69, 9.17) is 0 Å². The fraction of sp³-hybridized carbons (Fsp3) is 0.231. The highest BCUT2D eigenvalue weighted by atomic mass is 16.1. The smallest absolute Gasteiger partial charge is 0.163 e. The van der Waals surface area contributed by atoms with E-state index in [0.29, 0.717) is 6.42 Å².